The van der Waals surface area contributed by atoms with Crippen LogP contribution in [0.2, 0.25) is 0 Å². The van der Waals surface area contributed by atoms with Crippen molar-refractivity contribution in [2.75, 3.05) is 27.6 Å². The van der Waals surface area contributed by atoms with E-state index >= 15 is 0 Å². The summed E-state index contributed by atoms with van der Waals surface area (Å²) in [7, 11) is 0. The van der Waals surface area contributed by atoms with Gasteiger partial charge in [-0.15, -0.1) is 11.6 Å². The van der Waals surface area contributed by atoms with Gasteiger partial charge in [-0.2, -0.15) is 0 Å². The SMILES string of the molecule is CC(=O)Cc1ccc(Nc2c3ccccc3nc3ccccc23)cc1.Nc1cccc(Nc2c3ccccc3nc3ccccc23)c1.O=C(CCl)Cc1ccc(Nc2c3ccccc3nc3ccccc23)cc1. The summed E-state index contributed by atoms with van der Waals surface area (Å²) in [6.45, 7) is 1.61. The molecule has 5 N–H and O–H groups in total. The summed E-state index contributed by atoms with van der Waals surface area (Å²) in [5, 5.41) is 17.1. The molecule has 356 valence electrons. The first-order chi connectivity index (χ1) is 35.8. The van der Waals surface area contributed by atoms with Gasteiger partial charge in [0.15, 0.2) is 5.78 Å². The minimum absolute atomic E-state index is 0.0264. The standard InChI is InChI=1S/C22H17ClN2O.C22H18N2O.C19H15N3/c23-14-17(26)13-15-9-11-16(12-10-15)24-22-18-5-1-3-7-20(18)25-21-8-4-2-6-19(21)22;1-15(25)14-16-10-12-17(13-11-16)23-22-18-6-2-4-8-20(18)24-21-9-5-3-7-19(21)22;20-13-6-5-7-14(12-13)21-19-15-8-1-3-10-17(15)22-18-11-4-2-9-16(18)19/h1-12H,13-14H2,(H,24,25);2-13H,14H2,1H3,(H,23,24);1-12H,20H2,(H,21,22). The fraction of sp³-hybridized carbons (Fsp3) is 0.0635. The molecule has 0 fully saturated rings. The van der Waals surface area contributed by atoms with Crippen molar-refractivity contribution in [1.82, 2.24) is 15.0 Å². The van der Waals surface area contributed by atoms with Crippen molar-refractivity contribution >= 4 is 128 Å². The minimum atomic E-state index is 0.0264. The number of carbonyl (C=O) groups excluding carboxylic acids is 2. The van der Waals surface area contributed by atoms with E-state index in [0.29, 0.717) is 12.8 Å². The van der Waals surface area contributed by atoms with E-state index in [9.17, 15) is 9.59 Å². The molecular formula is C63H50ClN7O2. The number of benzene rings is 9. The lowest BCUT2D eigenvalue weighted by atomic mass is 10.1. The lowest BCUT2D eigenvalue weighted by Crippen LogP contribution is -2.03. The largest absolute Gasteiger partial charge is 0.399 e. The molecule has 0 radical (unpaired) electrons. The molecule has 0 aliphatic heterocycles. The molecule has 0 aliphatic rings. The normalized spacial score (nSPS) is 10.9. The summed E-state index contributed by atoms with van der Waals surface area (Å²) >= 11 is 5.58. The first kappa shape index (κ1) is 47.5. The van der Waals surface area contributed by atoms with Gasteiger partial charge in [0.1, 0.15) is 5.78 Å². The Kier molecular flexibility index (Phi) is 14.2. The Morgan fingerprint density at radius 3 is 1.03 bits per heavy atom. The van der Waals surface area contributed by atoms with Crippen LogP contribution in [0.25, 0.3) is 65.4 Å². The van der Waals surface area contributed by atoms with E-state index < -0.39 is 0 Å². The van der Waals surface area contributed by atoms with Gasteiger partial charge in [0.2, 0.25) is 0 Å². The van der Waals surface area contributed by atoms with E-state index in [-0.39, 0.29) is 17.4 Å². The number of hydrogen-bond acceptors (Lipinski definition) is 9. The molecule has 0 saturated heterocycles. The lowest BCUT2D eigenvalue weighted by molar-refractivity contribution is -0.117. The number of alkyl halides is 1. The predicted molar refractivity (Wildman–Crippen MR) is 305 cm³/mol. The number of fused-ring (bicyclic) bond motifs is 6. The van der Waals surface area contributed by atoms with Crippen LogP contribution in [0.1, 0.15) is 18.1 Å². The number of anilines is 7. The van der Waals surface area contributed by atoms with Crippen molar-refractivity contribution in [2.24, 2.45) is 0 Å². The van der Waals surface area contributed by atoms with E-state index in [1.807, 2.05) is 182 Å². The van der Waals surface area contributed by atoms with Crippen LogP contribution in [-0.4, -0.2) is 32.4 Å². The zero-order valence-corrected chi connectivity index (χ0v) is 40.8. The van der Waals surface area contributed by atoms with Crippen LogP contribution in [0.3, 0.4) is 0 Å². The second-order valence-corrected chi connectivity index (χ2v) is 18.0. The second kappa shape index (κ2) is 21.9. The third-order valence-electron chi connectivity index (χ3n) is 12.4. The molecule has 0 atom stereocenters. The maximum Gasteiger partial charge on any atom is 0.151 e. The highest BCUT2D eigenvalue weighted by Crippen LogP contribution is 2.36. The average Bonchev–Trinajstić information content (AvgIpc) is 3.42. The Bertz CT molecular complexity index is 3800. The van der Waals surface area contributed by atoms with Crippen LogP contribution in [0.5, 0.6) is 0 Å². The Morgan fingerprint density at radius 1 is 0.397 bits per heavy atom. The number of rotatable bonds is 11. The molecule has 0 saturated carbocycles. The number of carbonyl (C=O) groups is 2. The van der Waals surface area contributed by atoms with Gasteiger partial charge in [-0.3, -0.25) is 9.59 Å². The van der Waals surface area contributed by atoms with Crippen LogP contribution in [0.4, 0.5) is 39.8 Å². The van der Waals surface area contributed by atoms with Gasteiger partial charge in [-0.05, 0) is 96.9 Å². The van der Waals surface area contributed by atoms with E-state index in [2.05, 4.69) is 52.3 Å². The molecule has 12 rings (SSSR count). The molecule has 9 nitrogen and oxygen atoms in total. The number of ketones is 2. The van der Waals surface area contributed by atoms with Crippen molar-refractivity contribution in [3.8, 4) is 0 Å². The molecule has 0 amide bonds. The van der Waals surface area contributed by atoms with Crippen LogP contribution >= 0.6 is 11.6 Å². The topological polar surface area (TPSA) is 135 Å². The highest BCUT2D eigenvalue weighted by atomic mass is 35.5. The fourth-order valence-electron chi connectivity index (χ4n) is 8.95. The van der Waals surface area contributed by atoms with Crippen molar-refractivity contribution < 1.29 is 9.59 Å². The summed E-state index contributed by atoms with van der Waals surface area (Å²) in [6.07, 6.45) is 0.840. The summed E-state index contributed by atoms with van der Waals surface area (Å²) in [4.78, 5) is 37.0. The number of halogens is 1. The summed E-state index contributed by atoms with van der Waals surface area (Å²) in [5.74, 6) is 0.250. The molecule has 0 bridgehead atoms. The maximum atomic E-state index is 11.5. The van der Waals surface area contributed by atoms with Gasteiger partial charge in [0.25, 0.3) is 0 Å². The minimum Gasteiger partial charge on any atom is -0.399 e. The summed E-state index contributed by atoms with van der Waals surface area (Å²) in [6, 6.07) is 72.5. The molecule has 0 spiro atoms. The Balaban J connectivity index is 0.000000126. The van der Waals surface area contributed by atoms with Crippen molar-refractivity contribution in [3.05, 3.63) is 230 Å². The van der Waals surface area contributed by atoms with E-state index in [4.69, 9.17) is 32.3 Å². The van der Waals surface area contributed by atoms with E-state index in [0.717, 1.165) is 116 Å². The Hall–Kier alpha value is -9.18. The Morgan fingerprint density at radius 2 is 0.712 bits per heavy atom. The highest BCUT2D eigenvalue weighted by Gasteiger charge is 2.13. The first-order valence-electron chi connectivity index (χ1n) is 24.0. The molecule has 0 unspecified atom stereocenters. The maximum absolute atomic E-state index is 11.5. The van der Waals surface area contributed by atoms with Gasteiger partial charge in [-0.1, -0.05) is 140 Å². The van der Waals surface area contributed by atoms with Gasteiger partial charge in [0.05, 0.1) is 56.0 Å². The van der Waals surface area contributed by atoms with Crippen molar-refractivity contribution in [1.29, 1.82) is 0 Å². The van der Waals surface area contributed by atoms with Crippen LogP contribution in [0, 0.1) is 0 Å². The van der Waals surface area contributed by atoms with Gasteiger partial charge in [0, 0.05) is 67.9 Å². The highest BCUT2D eigenvalue weighted by molar-refractivity contribution is 6.27. The zero-order valence-electron chi connectivity index (χ0n) is 40.0. The fourth-order valence-corrected chi connectivity index (χ4v) is 9.04. The first-order valence-corrected chi connectivity index (χ1v) is 24.5. The lowest BCUT2D eigenvalue weighted by Gasteiger charge is -2.13. The number of para-hydroxylation sites is 6. The molecule has 10 heteroatoms. The second-order valence-electron chi connectivity index (χ2n) is 17.7. The number of hydrogen-bond donors (Lipinski definition) is 4. The van der Waals surface area contributed by atoms with Crippen LogP contribution in [-0.2, 0) is 22.4 Å². The number of nitrogens with zero attached hydrogens (tertiary/aromatic N) is 3. The molecule has 3 aromatic heterocycles. The third kappa shape index (κ3) is 11.1. The predicted octanol–water partition coefficient (Wildman–Crippen LogP) is 15.5. The smallest absolute Gasteiger partial charge is 0.151 e. The third-order valence-corrected chi connectivity index (χ3v) is 12.7. The zero-order chi connectivity index (χ0) is 50.1. The molecular weight excluding hydrogens is 922 g/mol. The average molecular weight is 973 g/mol. The van der Waals surface area contributed by atoms with Crippen molar-refractivity contribution in [3.63, 3.8) is 0 Å². The quantitative estimate of drug-likeness (QED) is 0.0568. The molecule has 0 aliphatic carbocycles. The number of pyridine rings is 3. The van der Waals surface area contributed by atoms with E-state index in [1.165, 1.54) is 0 Å². The molecule has 3 heterocycles. The monoisotopic (exact) mass is 971 g/mol. The molecule has 9 aromatic carbocycles. The van der Waals surface area contributed by atoms with Crippen molar-refractivity contribution in [2.45, 2.75) is 19.8 Å². The van der Waals surface area contributed by atoms with E-state index in [1.54, 1.807) is 6.92 Å². The van der Waals surface area contributed by atoms with Gasteiger partial charge >= 0.3 is 0 Å². The van der Waals surface area contributed by atoms with Gasteiger partial charge < -0.3 is 21.7 Å². The van der Waals surface area contributed by atoms with Crippen LogP contribution in [0.15, 0.2) is 218 Å². The number of Topliss-reactive ketones (excluding diaryl/α,β-unsaturated/α-hetero) is 2. The van der Waals surface area contributed by atoms with Crippen LogP contribution < -0.4 is 21.7 Å². The van der Waals surface area contributed by atoms with Gasteiger partial charge in [-0.25, -0.2) is 15.0 Å². The number of aromatic nitrogens is 3. The number of nitrogen functional groups attached to an aromatic ring is 1. The Labute approximate surface area is 427 Å². The molecule has 12 aromatic rings. The molecule has 73 heavy (non-hydrogen) atoms. The summed E-state index contributed by atoms with van der Waals surface area (Å²) in [5.41, 5.74) is 20.5. The summed E-state index contributed by atoms with van der Waals surface area (Å²) < 4.78 is 0. The number of nitrogens with two attached hydrogens (primary N) is 1. The number of nitrogens with one attached hydrogen (secondary N) is 3.